The molecule has 0 atom stereocenters. The molecule has 1 amide bonds. The Balaban J connectivity index is 1.67. The Kier molecular flexibility index (Phi) is 5.42. The predicted octanol–water partition coefficient (Wildman–Crippen LogP) is 5.19. The minimum atomic E-state index is -0.310. The number of nitrogens with one attached hydrogen (secondary N) is 1. The smallest absolute Gasteiger partial charge is 0.291 e. The quantitative estimate of drug-likeness (QED) is 0.623. The summed E-state index contributed by atoms with van der Waals surface area (Å²) in [6, 6.07) is 12.8. The first-order valence-corrected chi connectivity index (χ1v) is 8.95. The zero-order valence-electron chi connectivity index (χ0n) is 14.8. The molecule has 0 saturated carbocycles. The van der Waals surface area contributed by atoms with Crippen LogP contribution in [0.25, 0.3) is 0 Å². The molecule has 0 saturated heterocycles. The van der Waals surface area contributed by atoms with E-state index < -0.39 is 0 Å². The molecule has 0 unspecified atom stereocenters. The van der Waals surface area contributed by atoms with Crippen molar-refractivity contribution in [3.05, 3.63) is 75.4 Å². The highest BCUT2D eigenvalue weighted by Crippen LogP contribution is 2.22. The second-order valence-electron chi connectivity index (χ2n) is 6.01. The van der Waals surface area contributed by atoms with Crippen molar-refractivity contribution < 1.29 is 13.9 Å². The molecule has 3 aromatic rings. The number of aryl methyl sites for hydroxylation is 3. The van der Waals surface area contributed by atoms with Crippen LogP contribution in [-0.2, 0) is 6.61 Å². The lowest BCUT2D eigenvalue weighted by atomic mass is 10.1. The van der Waals surface area contributed by atoms with E-state index in [2.05, 4.69) is 26.2 Å². The van der Waals surface area contributed by atoms with Crippen molar-refractivity contribution in [1.82, 2.24) is 4.98 Å². The van der Waals surface area contributed by atoms with E-state index in [0.717, 1.165) is 27.2 Å². The lowest BCUT2D eigenvalue weighted by molar-refractivity contribution is 0.0992. The van der Waals surface area contributed by atoms with Crippen LogP contribution in [0.5, 0.6) is 5.75 Å². The Morgan fingerprint density at radius 2 is 2.00 bits per heavy atom. The number of rotatable bonds is 5. The van der Waals surface area contributed by atoms with Crippen molar-refractivity contribution in [3.63, 3.8) is 0 Å². The summed E-state index contributed by atoms with van der Waals surface area (Å²) in [7, 11) is 0. The van der Waals surface area contributed by atoms with Crippen LogP contribution in [0.4, 0.5) is 5.69 Å². The van der Waals surface area contributed by atoms with Gasteiger partial charge in [-0.3, -0.25) is 9.78 Å². The minimum absolute atomic E-state index is 0.234. The van der Waals surface area contributed by atoms with Gasteiger partial charge in [0.2, 0.25) is 0 Å². The number of carbonyl (C=O) groups excluding carboxylic acids is 1. The number of ether oxygens (including phenoxy) is 1. The highest BCUT2D eigenvalue weighted by atomic mass is 79.9. The summed E-state index contributed by atoms with van der Waals surface area (Å²) in [5, 5.41) is 2.87. The van der Waals surface area contributed by atoms with E-state index in [1.165, 1.54) is 0 Å². The molecule has 3 rings (SSSR count). The van der Waals surface area contributed by atoms with Gasteiger partial charge in [-0.25, -0.2) is 0 Å². The van der Waals surface area contributed by atoms with E-state index in [4.69, 9.17) is 9.15 Å². The molecule has 2 aromatic heterocycles. The van der Waals surface area contributed by atoms with Crippen LogP contribution in [0.15, 0.2) is 51.4 Å². The Morgan fingerprint density at radius 3 is 2.73 bits per heavy atom. The summed E-state index contributed by atoms with van der Waals surface area (Å²) in [5.74, 6) is 1.22. The average molecular weight is 415 g/mol. The van der Waals surface area contributed by atoms with Gasteiger partial charge in [0.05, 0.1) is 11.4 Å². The van der Waals surface area contributed by atoms with Crippen LogP contribution in [0, 0.1) is 20.8 Å². The molecule has 6 heteroatoms. The maximum Gasteiger partial charge on any atom is 0.291 e. The Hall–Kier alpha value is -2.60. The lowest BCUT2D eigenvalue weighted by Crippen LogP contribution is -2.14. The SMILES string of the molecule is Cc1cc(C)c(NC(=O)c2ccc(COc3cccc(Br)c3)o2)c(C)n1. The van der Waals surface area contributed by atoms with Gasteiger partial charge in [0.1, 0.15) is 18.1 Å². The molecule has 134 valence electrons. The highest BCUT2D eigenvalue weighted by molar-refractivity contribution is 9.10. The molecular formula is C20H19BrN2O3. The van der Waals surface area contributed by atoms with Crippen LogP contribution in [-0.4, -0.2) is 10.9 Å². The number of amides is 1. The van der Waals surface area contributed by atoms with Crippen molar-refractivity contribution in [3.8, 4) is 5.75 Å². The summed E-state index contributed by atoms with van der Waals surface area (Å²) in [5.41, 5.74) is 3.38. The van der Waals surface area contributed by atoms with Crippen LogP contribution in [0.3, 0.4) is 0 Å². The van der Waals surface area contributed by atoms with Crippen molar-refractivity contribution in [1.29, 1.82) is 0 Å². The van der Waals surface area contributed by atoms with Gasteiger partial charge in [0, 0.05) is 10.2 Å². The number of anilines is 1. The van der Waals surface area contributed by atoms with Crippen molar-refractivity contribution >= 4 is 27.5 Å². The molecular weight excluding hydrogens is 396 g/mol. The molecule has 0 aliphatic carbocycles. The summed E-state index contributed by atoms with van der Waals surface area (Å²) in [6.45, 7) is 5.98. The lowest BCUT2D eigenvalue weighted by Gasteiger charge is -2.11. The van der Waals surface area contributed by atoms with Gasteiger partial charge < -0.3 is 14.5 Å². The number of pyridine rings is 1. The molecule has 5 nitrogen and oxygen atoms in total. The van der Waals surface area contributed by atoms with Crippen LogP contribution >= 0.6 is 15.9 Å². The number of halogens is 1. The molecule has 0 aliphatic rings. The molecule has 26 heavy (non-hydrogen) atoms. The summed E-state index contributed by atoms with van der Waals surface area (Å²) in [6.07, 6.45) is 0. The molecule has 0 radical (unpaired) electrons. The Labute approximate surface area is 160 Å². The fourth-order valence-electron chi connectivity index (χ4n) is 2.68. The first kappa shape index (κ1) is 18.2. The number of furan rings is 1. The Bertz CT molecular complexity index is 927. The van der Waals surface area contributed by atoms with Gasteiger partial charge in [-0.1, -0.05) is 22.0 Å². The van der Waals surface area contributed by atoms with E-state index in [1.54, 1.807) is 12.1 Å². The topological polar surface area (TPSA) is 64.4 Å². The Morgan fingerprint density at radius 1 is 1.19 bits per heavy atom. The predicted molar refractivity (Wildman–Crippen MR) is 104 cm³/mol. The number of benzene rings is 1. The number of nitrogens with zero attached hydrogens (tertiary/aromatic N) is 1. The van der Waals surface area contributed by atoms with Gasteiger partial charge in [0.15, 0.2) is 5.76 Å². The average Bonchev–Trinajstić information content (AvgIpc) is 3.05. The molecule has 1 aromatic carbocycles. The molecule has 0 aliphatic heterocycles. The third kappa shape index (κ3) is 4.32. The molecule has 0 fully saturated rings. The van der Waals surface area contributed by atoms with Crippen LogP contribution in [0.2, 0.25) is 0 Å². The summed E-state index contributed by atoms with van der Waals surface area (Å²) < 4.78 is 12.2. The van der Waals surface area contributed by atoms with Gasteiger partial charge in [0.25, 0.3) is 5.91 Å². The second-order valence-corrected chi connectivity index (χ2v) is 6.92. The number of carbonyl (C=O) groups is 1. The van der Waals surface area contributed by atoms with E-state index in [9.17, 15) is 4.79 Å². The van der Waals surface area contributed by atoms with E-state index in [1.807, 2.05) is 51.1 Å². The van der Waals surface area contributed by atoms with E-state index >= 15 is 0 Å². The van der Waals surface area contributed by atoms with Crippen molar-refractivity contribution in [2.75, 3.05) is 5.32 Å². The van der Waals surface area contributed by atoms with E-state index in [-0.39, 0.29) is 18.3 Å². The fourth-order valence-corrected chi connectivity index (χ4v) is 3.05. The molecule has 0 bridgehead atoms. The van der Waals surface area contributed by atoms with Crippen LogP contribution in [0.1, 0.15) is 33.3 Å². The second kappa shape index (κ2) is 7.74. The maximum absolute atomic E-state index is 12.5. The number of hydrogen-bond acceptors (Lipinski definition) is 4. The summed E-state index contributed by atoms with van der Waals surface area (Å²) in [4.78, 5) is 16.8. The fraction of sp³-hybridized carbons (Fsp3) is 0.200. The first-order valence-electron chi connectivity index (χ1n) is 8.15. The van der Waals surface area contributed by atoms with Gasteiger partial charge in [-0.15, -0.1) is 0 Å². The zero-order valence-corrected chi connectivity index (χ0v) is 16.4. The van der Waals surface area contributed by atoms with Gasteiger partial charge in [-0.05, 0) is 62.7 Å². The van der Waals surface area contributed by atoms with Crippen molar-refractivity contribution in [2.24, 2.45) is 0 Å². The summed E-state index contributed by atoms with van der Waals surface area (Å²) >= 11 is 3.40. The number of hydrogen-bond donors (Lipinski definition) is 1. The third-order valence-electron chi connectivity index (χ3n) is 3.83. The first-order chi connectivity index (χ1) is 12.4. The molecule has 2 heterocycles. The monoisotopic (exact) mass is 414 g/mol. The number of aromatic nitrogens is 1. The largest absolute Gasteiger partial charge is 0.486 e. The normalized spacial score (nSPS) is 10.6. The standard InChI is InChI=1S/C20H19BrN2O3/c1-12-9-13(2)22-14(3)19(12)23-20(24)18-8-7-17(26-18)11-25-16-6-4-5-15(21)10-16/h4-10H,11H2,1-3H3,(H,23,24). The van der Waals surface area contributed by atoms with E-state index in [0.29, 0.717) is 11.4 Å². The van der Waals surface area contributed by atoms with Crippen molar-refractivity contribution in [2.45, 2.75) is 27.4 Å². The maximum atomic E-state index is 12.5. The van der Waals surface area contributed by atoms with Crippen LogP contribution < -0.4 is 10.1 Å². The van der Waals surface area contributed by atoms with Gasteiger partial charge in [-0.2, -0.15) is 0 Å². The highest BCUT2D eigenvalue weighted by Gasteiger charge is 2.15. The third-order valence-corrected chi connectivity index (χ3v) is 4.32. The zero-order chi connectivity index (χ0) is 18.7. The van der Waals surface area contributed by atoms with Gasteiger partial charge >= 0.3 is 0 Å². The molecule has 1 N–H and O–H groups in total. The minimum Gasteiger partial charge on any atom is -0.486 e. The molecule has 0 spiro atoms.